The molecule has 132 valence electrons. The van der Waals surface area contributed by atoms with Gasteiger partial charge in [0.05, 0.1) is 0 Å². The molecule has 0 heterocycles. The zero-order valence-electron chi connectivity index (χ0n) is 15.2. The summed E-state index contributed by atoms with van der Waals surface area (Å²) in [6.45, 7) is 0.558. The number of hydrogen-bond acceptors (Lipinski definition) is 2. The van der Waals surface area contributed by atoms with Crippen LogP contribution in [0.2, 0.25) is 0 Å². The van der Waals surface area contributed by atoms with Gasteiger partial charge in [0.25, 0.3) is 5.91 Å². The van der Waals surface area contributed by atoms with Crippen LogP contribution >= 0.6 is 0 Å². The normalized spacial score (nSPS) is 10.6. The Labute approximate surface area is 155 Å². The monoisotopic (exact) mass is 344 g/mol. The maximum absolute atomic E-state index is 12.6. The molecule has 26 heavy (non-hydrogen) atoms. The highest BCUT2D eigenvalue weighted by Crippen LogP contribution is 2.24. The average Bonchev–Trinajstić information content (AvgIpc) is 2.69. The maximum Gasteiger partial charge on any atom is 0.251 e. The van der Waals surface area contributed by atoms with E-state index < -0.39 is 0 Å². The smallest absolute Gasteiger partial charge is 0.251 e. The minimum atomic E-state index is -0.0489. The first kappa shape index (κ1) is 17.7. The molecule has 1 N–H and O–H groups in total. The minimum absolute atomic E-state index is 0.0489. The molecule has 0 spiro atoms. The SMILES string of the molecule is CN(C)c1ccc(C(=O)NCC(c2ccccc2)c2ccccc2)cc1. The molecule has 0 aliphatic rings. The van der Waals surface area contributed by atoms with Gasteiger partial charge in [0.2, 0.25) is 0 Å². The van der Waals surface area contributed by atoms with Gasteiger partial charge in [-0.2, -0.15) is 0 Å². The maximum atomic E-state index is 12.6. The van der Waals surface area contributed by atoms with Crippen LogP contribution in [0.1, 0.15) is 27.4 Å². The molecule has 0 aliphatic heterocycles. The predicted octanol–water partition coefficient (Wildman–Crippen LogP) is 4.31. The number of amides is 1. The number of nitrogens with one attached hydrogen (secondary N) is 1. The Hall–Kier alpha value is -3.07. The van der Waals surface area contributed by atoms with Gasteiger partial charge in [0, 0.05) is 37.8 Å². The molecule has 3 heteroatoms. The van der Waals surface area contributed by atoms with E-state index in [2.05, 4.69) is 29.6 Å². The van der Waals surface area contributed by atoms with Gasteiger partial charge in [-0.3, -0.25) is 4.79 Å². The number of anilines is 1. The van der Waals surface area contributed by atoms with Crippen LogP contribution < -0.4 is 10.2 Å². The molecular weight excluding hydrogens is 320 g/mol. The summed E-state index contributed by atoms with van der Waals surface area (Å²) in [5.41, 5.74) is 4.15. The van der Waals surface area contributed by atoms with E-state index in [9.17, 15) is 4.79 Å². The van der Waals surface area contributed by atoms with Crippen molar-refractivity contribution in [3.8, 4) is 0 Å². The van der Waals surface area contributed by atoms with Crippen molar-refractivity contribution in [3.05, 3.63) is 102 Å². The molecule has 0 radical (unpaired) electrons. The fourth-order valence-electron chi connectivity index (χ4n) is 3.01. The van der Waals surface area contributed by atoms with Gasteiger partial charge >= 0.3 is 0 Å². The third kappa shape index (κ3) is 4.31. The Kier molecular flexibility index (Phi) is 5.69. The fourth-order valence-corrected chi connectivity index (χ4v) is 3.01. The molecule has 0 unspecified atom stereocenters. The molecule has 3 rings (SSSR count). The highest BCUT2D eigenvalue weighted by Gasteiger charge is 2.15. The lowest BCUT2D eigenvalue weighted by Crippen LogP contribution is -2.29. The van der Waals surface area contributed by atoms with Gasteiger partial charge in [-0.25, -0.2) is 0 Å². The van der Waals surface area contributed by atoms with Gasteiger partial charge < -0.3 is 10.2 Å². The lowest BCUT2D eigenvalue weighted by molar-refractivity contribution is 0.0952. The Balaban J connectivity index is 1.74. The average molecular weight is 344 g/mol. The van der Waals surface area contributed by atoms with Crippen molar-refractivity contribution >= 4 is 11.6 Å². The fraction of sp³-hybridized carbons (Fsp3) is 0.174. The van der Waals surface area contributed by atoms with Crippen LogP contribution in [0, 0.1) is 0 Å². The summed E-state index contributed by atoms with van der Waals surface area (Å²) < 4.78 is 0. The number of hydrogen-bond donors (Lipinski definition) is 1. The molecule has 0 atom stereocenters. The second kappa shape index (κ2) is 8.34. The Morgan fingerprint density at radius 2 is 1.31 bits per heavy atom. The first-order chi connectivity index (χ1) is 12.6. The molecule has 0 bridgehead atoms. The molecule has 0 aliphatic carbocycles. The van der Waals surface area contributed by atoms with E-state index >= 15 is 0 Å². The number of rotatable bonds is 6. The van der Waals surface area contributed by atoms with Crippen LogP contribution in [0.4, 0.5) is 5.69 Å². The first-order valence-corrected chi connectivity index (χ1v) is 8.80. The van der Waals surface area contributed by atoms with E-state index in [0.717, 1.165) is 5.69 Å². The van der Waals surface area contributed by atoms with E-state index in [-0.39, 0.29) is 11.8 Å². The lowest BCUT2D eigenvalue weighted by atomic mass is 9.91. The van der Waals surface area contributed by atoms with Crippen molar-refractivity contribution in [2.45, 2.75) is 5.92 Å². The van der Waals surface area contributed by atoms with E-state index in [1.807, 2.05) is 79.7 Å². The van der Waals surface area contributed by atoms with Gasteiger partial charge in [-0.05, 0) is 35.4 Å². The third-order valence-corrected chi connectivity index (χ3v) is 4.52. The molecule has 0 fully saturated rings. The van der Waals surface area contributed by atoms with E-state index in [1.54, 1.807) is 0 Å². The lowest BCUT2D eigenvalue weighted by Gasteiger charge is -2.19. The Morgan fingerprint density at radius 1 is 0.808 bits per heavy atom. The van der Waals surface area contributed by atoms with Crippen molar-refractivity contribution in [1.82, 2.24) is 5.32 Å². The Morgan fingerprint density at radius 3 is 1.77 bits per heavy atom. The highest BCUT2D eigenvalue weighted by atomic mass is 16.1. The molecule has 0 saturated carbocycles. The number of carbonyl (C=O) groups excluding carboxylic acids is 1. The van der Waals surface area contributed by atoms with Crippen molar-refractivity contribution in [3.63, 3.8) is 0 Å². The van der Waals surface area contributed by atoms with Crippen LogP contribution in [0.5, 0.6) is 0 Å². The van der Waals surface area contributed by atoms with Crippen molar-refractivity contribution in [2.24, 2.45) is 0 Å². The van der Waals surface area contributed by atoms with Crippen molar-refractivity contribution in [1.29, 1.82) is 0 Å². The standard InChI is InChI=1S/C23H24N2O/c1-25(2)21-15-13-20(14-16-21)23(26)24-17-22(18-9-5-3-6-10-18)19-11-7-4-8-12-19/h3-16,22H,17H2,1-2H3,(H,24,26). The number of carbonyl (C=O) groups is 1. The van der Waals surface area contributed by atoms with Gasteiger partial charge in [0.15, 0.2) is 0 Å². The van der Waals surface area contributed by atoms with Crippen LogP contribution in [0.25, 0.3) is 0 Å². The second-order valence-corrected chi connectivity index (χ2v) is 6.53. The summed E-state index contributed by atoms with van der Waals surface area (Å²) in [4.78, 5) is 14.6. The Bertz CT molecular complexity index is 788. The summed E-state index contributed by atoms with van der Waals surface area (Å²) in [7, 11) is 3.97. The van der Waals surface area contributed by atoms with Crippen LogP contribution in [-0.2, 0) is 0 Å². The van der Waals surface area contributed by atoms with Crippen molar-refractivity contribution < 1.29 is 4.79 Å². The molecule has 1 amide bonds. The zero-order valence-corrected chi connectivity index (χ0v) is 15.2. The topological polar surface area (TPSA) is 32.3 Å². The van der Waals surface area contributed by atoms with E-state index in [1.165, 1.54) is 11.1 Å². The molecule has 3 aromatic carbocycles. The summed E-state index contributed by atoms with van der Waals surface area (Å²) in [5.74, 6) is 0.0783. The first-order valence-electron chi connectivity index (χ1n) is 8.80. The second-order valence-electron chi connectivity index (χ2n) is 6.53. The summed E-state index contributed by atoms with van der Waals surface area (Å²) >= 11 is 0. The van der Waals surface area contributed by atoms with Gasteiger partial charge in [-0.15, -0.1) is 0 Å². The number of nitrogens with zero attached hydrogens (tertiary/aromatic N) is 1. The zero-order chi connectivity index (χ0) is 18.4. The van der Waals surface area contributed by atoms with Crippen LogP contribution in [0.3, 0.4) is 0 Å². The quantitative estimate of drug-likeness (QED) is 0.722. The molecule has 0 saturated heterocycles. The molecule has 3 aromatic rings. The predicted molar refractivity (Wildman–Crippen MR) is 108 cm³/mol. The largest absolute Gasteiger partial charge is 0.378 e. The molecule has 3 nitrogen and oxygen atoms in total. The summed E-state index contributed by atoms with van der Waals surface area (Å²) in [6, 6.07) is 28.2. The van der Waals surface area contributed by atoms with Crippen LogP contribution in [0.15, 0.2) is 84.9 Å². The van der Waals surface area contributed by atoms with E-state index in [0.29, 0.717) is 12.1 Å². The van der Waals surface area contributed by atoms with Gasteiger partial charge in [-0.1, -0.05) is 60.7 Å². The van der Waals surface area contributed by atoms with E-state index in [4.69, 9.17) is 0 Å². The summed E-state index contributed by atoms with van der Waals surface area (Å²) in [6.07, 6.45) is 0. The van der Waals surface area contributed by atoms with Gasteiger partial charge in [0.1, 0.15) is 0 Å². The molecular formula is C23H24N2O. The minimum Gasteiger partial charge on any atom is -0.378 e. The number of benzene rings is 3. The van der Waals surface area contributed by atoms with Crippen molar-refractivity contribution in [2.75, 3.05) is 25.5 Å². The highest BCUT2D eigenvalue weighted by molar-refractivity contribution is 5.94. The molecule has 0 aromatic heterocycles. The third-order valence-electron chi connectivity index (χ3n) is 4.52. The summed E-state index contributed by atoms with van der Waals surface area (Å²) in [5, 5.41) is 3.09. The van der Waals surface area contributed by atoms with Crippen LogP contribution in [-0.4, -0.2) is 26.5 Å².